The van der Waals surface area contributed by atoms with Crippen molar-refractivity contribution < 1.29 is 19.4 Å². The molecule has 0 aromatic rings. The minimum Gasteiger partial charge on any atom is -0.480 e. The first-order valence-corrected chi connectivity index (χ1v) is 6.92. The van der Waals surface area contributed by atoms with Gasteiger partial charge in [-0.2, -0.15) is 0 Å². The lowest BCUT2D eigenvalue weighted by Crippen LogP contribution is -2.60. The second-order valence-corrected chi connectivity index (χ2v) is 5.53. The van der Waals surface area contributed by atoms with Crippen LogP contribution in [0.2, 0.25) is 0 Å². The summed E-state index contributed by atoms with van der Waals surface area (Å²) in [6, 6.07) is 0.0341. The Kier molecular flexibility index (Phi) is 4.42. The van der Waals surface area contributed by atoms with Crippen LogP contribution in [-0.2, 0) is 14.3 Å². The number of aliphatic carboxylic acids is 1. The van der Waals surface area contributed by atoms with Gasteiger partial charge in [0.15, 0.2) is 0 Å². The zero-order valence-corrected chi connectivity index (χ0v) is 11.1. The third-order valence-corrected chi connectivity index (χ3v) is 4.14. The Hall–Kier alpha value is -1.14. The number of carbonyl (C=O) groups is 2. The second kappa shape index (κ2) is 5.88. The monoisotopic (exact) mass is 270 g/mol. The van der Waals surface area contributed by atoms with Crippen LogP contribution in [0.15, 0.2) is 0 Å². The number of hydrogen-bond acceptors (Lipinski definition) is 4. The summed E-state index contributed by atoms with van der Waals surface area (Å²) in [5.41, 5.74) is 5.23. The molecule has 19 heavy (non-hydrogen) atoms. The summed E-state index contributed by atoms with van der Waals surface area (Å²) in [6.45, 7) is 0.685. The number of hydrogen-bond donors (Lipinski definition) is 2. The zero-order valence-electron chi connectivity index (χ0n) is 11.1. The van der Waals surface area contributed by atoms with Crippen molar-refractivity contribution >= 4 is 11.9 Å². The first-order chi connectivity index (χ1) is 9.03. The molecule has 0 atom stereocenters. The van der Waals surface area contributed by atoms with Gasteiger partial charge in [-0.3, -0.25) is 9.59 Å². The van der Waals surface area contributed by atoms with Crippen LogP contribution in [0.1, 0.15) is 38.5 Å². The molecule has 2 aliphatic rings. The van der Waals surface area contributed by atoms with Gasteiger partial charge in [-0.15, -0.1) is 0 Å². The number of carbonyl (C=O) groups excluding carboxylic acids is 1. The maximum Gasteiger partial charge on any atom is 0.323 e. The Balaban J connectivity index is 2.11. The van der Waals surface area contributed by atoms with Gasteiger partial charge in [0.1, 0.15) is 6.54 Å². The van der Waals surface area contributed by atoms with Crippen LogP contribution < -0.4 is 5.73 Å². The molecule has 1 heterocycles. The largest absolute Gasteiger partial charge is 0.480 e. The summed E-state index contributed by atoms with van der Waals surface area (Å²) in [7, 11) is 0. The molecule has 1 amide bonds. The highest BCUT2D eigenvalue weighted by atomic mass is 16.5. The minimum absolute atomic E-state index is 0.0341. The average molecular weight is 270 g/mol. The van der Waals surface area contributed by atoms with E-state index in [-0.39, 0.29) is 18.5 Å². The van der Waals surface area contributed by atoms with Crippen molar-refractivity contribution in [3.8, 4) is 0 Å². The van der Waals surface area contributed by atoms with Gasteiger partial charge in [-0.1, -0.05) is 12.8 Å². The molecule has 0 radical (unpaired) electrons. The fourth-order valence-electron chi connectivity index (χ4n) is 2.96. The third-order valence-electron chi connectivity index (χ3n) is 4.14. The van der Waals surface area contributed by atoms with E-state index in [1.165, 1.54) is 4.90 Å². The molecule has 1 aliphatic heterocycles. The Labute approximate surface area is 112 Å². The number of nitrogens with zero attached hydrogens (tertiary/aromatic N) is 1. The Morgan fingerprint density at radius 1 is 1.26 bits per heavy atom. The van der Waals surface area contributed by atoms with Gasteiger partial charge in [0.05, 0.1) is 5.54 Å². The predicted octanol–water partition coefficient (Wildman–Crippen LogP) is 0.350. The van der Waals surface area contributed by atoms with E-state index < -0.39 is 11.5 Å². The lowest BCUT2D eigenvalue weighted by molar-refractivity contribution is -0.151. The molecule has 108 valence electrons. The van der Waals surface area contributed by atoms with Gasteiger partial charge in [-0.05, 0) is 25.7 Å². The molecule has 0 spiro atoms. The first kappa shape index (κ1) is 14.3. The van der Waals surface area contributed by atoms with E-state index in [9.17, 15) is 9.59 Å². The molecule has 0 unspecified atom stereocenters. The quantitative estimate of drug-likeness (QED) is 0.769. The van der Waals surface area contributed by atoms with Crippen molar-refractivity contribution in [1.29, 1.82) is 0 Å². The summed E-state index contributed by atoms with van der Waals surface area (Å²) in [5, 5.41) is 9.02. The highest BCUT2D eigenvalue weighted by Gasteiger charge is 2.42. The molecule has 2 fully saturated rings. The highest BCUT2D eigenvalue weighted by Crippen LogP contribution is 2.28. The van der Waals surface area contributed by atoms with Crippen molar-refractivity contribution in [3.05, 3.63) is 0 Å². The molecule has 0 bridgehead atoms. The van der Waals surface area contributed by atoms with E-state index in [4.69, 9.17) is 15.6 Å². The highest BCUT2D eigenvalue weighted by molar-refractivity contribution is 5.89. The van der Waals surface area contributed by atoms with Crippen molar-refractivity contribution in [1.82, 2.24) is 4.90 Å². The topological polar surface area (TPSA) is 92.9 Å². The van der Waals surface area contributed by atoms with Crippen molar-refractivity contribution in [3.63, 3.8) is 0 Å². The van der Waals surface area contributed by atoms with Crippen molar-refractivity contribution in [2.75, 3.05) is 19.8 Å². The molecule has 6 nitrogen and oxygen atoms in total. The van der Waals surface area contributed by atoms with Gasteiger partial charge < -0.3 is 20.5 Å². The average Bonchev–Trinajstić information content (AvgIpc) is 2.89. The number of carboxylic acid groups (broad SMARTS) is 1. The van der Waals surface area contributed by atoms with Crippen LogP contribution in [0.3, 0.4) is 0 Å². The normalized spacial score (nSPS) is 23.2. The van der Waals surface area contributed by atoms with E-state index in [0.29, 0.717) is 26.1 Å². The number of rotatable bonds is 4. The van der Waals surface area contributed by atoms with Crippen LogP contribution >= 0.6 is 0 Å². The lowest BCUT2D eigenvalue weighted by atomic mass is 9.89. The first-order valence-electron chi connectivity index (χ1n) is 6.92. The molecule has 2 rings (SSSR count). The molecular weight excluding hydrogens is 248 g/mol. The molecule has 6 heteroatoms. The fraction of sp³-hybridized carbons (Fsp3) is 0.846. The maximum absolute atomic E-state index is 12.6. The van der Waals surface area contributed by atoms with Gasteiger partial charge in [-0.25, -0.2) is 0 Å². The van der Waals surface area contributed by atoms with Crippen LogP contribution in [0.5, 0.6) is 0 Å². The smallest absolute Gasteiger partial charge is 0.323 e. The Morgan fingerprint density at radius 3 is 2.37 bits per heavy atom. The Morgan fingerprint density at radius 2 is 1.84 bits per heavy atom. The summed E-state index contributed by atoms with van der Waals surface area (Å²) in [5.74, 6) is -1.19. The fourth-order valence-corrected chi connectivity index (χ4v) is 2.96. The number of amides is 1. The van der Waals surface area contributed by atoms with Gasteiger partial charge in [0.2, 0.25) is 5.91 Å². The molecule has 0 aromatic heterocycles. The van der Waals surface area contributed by atoms with Crippen LogP contribution in [-0.4, -0.2) is 53.2 Å². The minimum atomic E-state index is -0.976. The summed E-state index contributed by atoms with van der Waals surface area (Å²) in [4.78, 5) is 25.1. The molecule has 0 aromatic carbocycles. The molecular formula is C13H22N2O4. The van der Waals surface area contributed by atoms with Crippen LogP contribution in [0, 0.1) is 0 Å². The van der Waals surface area contributed by atoms with E-state index in [2.05, 4.69) is 0 Å². The zero-order chi connectivity index (χ0) is 13.9. The summed E-state index contributed by atoms with van der Waals surface area (Å²) in [6.07, 6.45) is 4.80. The summed E-state index contributed by atoms with van der Waals surface area (Å²) < 4.78 is 5.23. The lowest BCUT2D eigenvalue weighted by Gasteiger charge is -2.38. The van der Waals surface area contributed by atoms with Crippen LogP contribution in [0.4, 0.5) is 0 Å². The van der Waals surface area contributed by atoms with Crippen molar-refractivity contribution in [2.45, 2.75) is 50.1 Å². The van der Waals surface area contributed by atoms with E-state index in [1.54, 1.807) is 0 Å². The van der Waals surface area contributed by atoms with Gasteiger partial charge in [0, 0.05) is 19.3 Å². The second-order valence-electron chi connectivity index (χ2n) is 5.53. The molecule has 1 aliphatic carbocycles. The molecule has 1 saturated carbocycles. The van der Waals surface area contributed by atoms with E-state index in [1.807, 2.05) is 0 Å². The Bertz CT molecular complexity index is 347. The van der Waals surface area contributed by atoms with Crippen LogP contribution in [0.25, 0.3) is 0 Å². The number of nitrogens with two attached hydrogens (primary N) is 1. The van der Waals surface area contributed by atoms with E-state index in [0.717, 1.165) is 25.7 Å². The van der Waals surface area contributed by atoms with Crippen molar-refractivity contribution in [2.24, 2.45) is 5.73 Å². The number of carboxylic acids is 1. The van der Waals surface area contributed by atoms with Gasteiger partial charge in [0.25, 0.3) is 0 Å². The molecule has 3 N–H and O–H groups in total. The van der Waals surface area contributed by atoms with Gasteiger partial charge >= 0.3 is 5.97 Å². The third kappa shape index (κ3) is 3.25. The maximum atomic E-state index is 12.6. The standard InChI is InChI=1S/C13H22N2O4/c14-13(5-7-19-8-6-13)12(18)15(9-11(16)17)10-3-1-2-4-10/h10H,1-9,14H2,(H,16,17). The summed E-state index contributed by atoms with van der Waals surface area (Å²) >= 11 is 0. The molecule has 1 saturated heterocycles. The van der Waals surface area contributed by atoms with E-state index >= 15 is 0 Å². The SMILES string of the molecule is NC1(C(=O)N(CC(=O)O)C2CCCC2)CCOCC1. The number of ether oxygens (including phenoxy) is 1. The predicted molar refractivity (Wildman–Crippen MR) is 68.6 cm³/mol.